The highest BCUT2D eigenvalue weighted by Gasteiger charge is 2.11. The zero-order valence-corrected chi connectivity index (χ0v) is 14.1. The Morgan fingerprint density at radius 1 is 1.17 bits per heavy atom. The Bertz CT molecular complexity index is 661. The molecule has 1 amide bonds. The third kappa shape index (κ3) is 4.98. The number of carbonyl (C=O) groups is 1. The van der Waals surface area contributed by atoms with Crippen LogP contribution in [0.1, 0.15) is 25.5 Å². The molecule has 2 N–H and O–H groups in total. The van der Waals surface area contributed by atoms with Gasteiger partial charge >= 0.3 is 0 Å². The van der Waals surface area contributed by atoms with Crippen molar-refractivity contribution < 1.29 is 9.53 Å². The van der Waals surface area contributed by atoms with Gasteiger partial charge in [0.25, 0.3) is 0 Å². The molecular formula is C18H21ClN2O2. The van der Waals surface area contributed by atoms with E-state index < -0.39 is 0 Å². The van der Waals surface area contributed by atoms with Gasteiger partial charge in [0, 0.05) is 11.1 Å². The van der Waals surface area contributed by atoms with Crippen LogP contribution in [0.3, 0.4) is 0 Å². The second-order valence-electron chi connectivity index (χ2n) is 5.10. The maximum Gasteiger partial charge on any atom is 0.238 e. The molecule has 0 fully saturated rings. The van der Waals surface area contributed by atoms with E-state index in [0.717, 1.165) is 5.56 Å². The molecule has 0 aliphatic heterocycles. The third-order valence-corrected chi connectivity index (χ3v) is 3.75. The second kappa shape index (κ2) is 8.56. The number of para-hydroxylation sites is 2. The summed E-state index contributed by atoms with van der Waals surface area (Å²) in [6.45, 7) is 4.62. The number of nitrogens with one attached hydrogen (secondary N) is 2. The SMILES string of the molecule is CCOc1ccccc1NC(=O)CN[C@H](C)c1ccccc1Cl. The summed E-state index contributed by atoms with van der Waals surface area (Å²) in [5, 5.41) is 6.72. The first-order valence-corrected chi connectivity index (χ1v) is 7.99. The minimum absolute atomic E-state index is 0.0171. The molecule has 0 aliphatic rings. The highest BCUT2D eigenvalue weighted by atomic mass is 35.5. The maximum absolute atomic E-state index is 12.1. The number of ether oxygens (including phenoxy) is 1. The molecule has 0 aliphatic carbocycles. The summed E-state index contributed by atoms with van der Waals surface area (Å²) in [4.78, 5) is 12.1. The van der Waals surface area contributed by atoms with Crippen molar-refractivity contribution in [2.45, 2.75) is 19.9 Å². The molecule has 1 atom stereocenters. The molecule has 23 heavy (non-hydrogen) atoms. The van der Waals surface area contributed by atoms with Gasteiger partial charge in [-0.2, -0.15) is 0 Å². The fourth-order valence-corrected chi connectivity index (χ4v) is 2.53. The van der Waals surface area contributed by atoms with Crippen LogP contribution >= 0.6 is 11.6 Å². The summed E-state index contributed by atoms with van der Waals surface area (Å²) in [6.07, 6.45) is 0. The van der Waals surface area contributed by atoms with E-state index in [9.17, 15) is 4.79 Å². The van der Waals surface area contributed by atoms with Crippen molar-refractivity contribution >= 4 is 23.2 Å². The van der Waals surface area contributed by atoms with Crippen LogP contribution in [-0.2, 0) is 4.79 Å². The topological polar surface area (TPSA) is 50.4 Å². The quantitative estimate of drug-likeness (QED) is 0.805. The molecular weight excluding hydrogens is 312 g/mol. The van der Waals surface area contributed by atoms with Gasteiger partial charge in [-0.15, -0.1) is 0 Å². The predicted octanol–water partition coefficient (Wildman–Crippen LogP) is 4.03. The molecule has 122 valence electrons. The van der Waals surface area contributed by atoms with Crippen LogP contribution in [0.15, 0.2) is 48.5 Å². The monoisotopic (exact) mass is 332 g/mol. The van der Waals surface area contributed by atoms with Crippen LogP contribution in [0.5, 0.6) is 5.75 Å². The Kier molecular flexibility index (Phi) is 6.44. The number of rotatable bonds is 7. The zero-order chi connectivity index (χ0) is 16.7. The molecule has 0 unspecified atom stereocenters. The number of amides is 1. The van der Waals surface area contributed by atoms with Crippen LogP contribution in [0.25, 0.3) is 0 Å². The van der Waals surface area contributed by atoms with Gasteiger partial charge in [-0.25, -0.2) is 0 Å². The van der Waals surface area contributed by atoms with Crippen LogP contribution in [-0.4, -0.2) is 19.1 Å². The molecule has 0 heterocycles. The molecule has 4 nitrogen and oxygen atoms in total. The first-order valence-electron chi connectivity index (χ1n) is 7.61. The smallest absolute Gasteiger partial charge is 0.238 e. The molecule has 0 spiro atoms. The van der Waals surface area contributed by atoms with E-state index in [1.807, 2.05) is 62.4 Å². The lowest BCUT2D eigenvalue weighted by atomic mass is 10.1. The molecule has 5 heteroatoms. The zero-order valence-electron chi connectivity index (χ0n) is 13.3. The normalized spacial score (nSPS) is 11.8. The average Bonchev–Trinajstić information content (AvgIpc) is 2.55. The lowest BCUT2D eigenvalue weighted by Crippen LogP contribution is -2.30. The van der Waals surface area contributed by atoms with Gasteiger partial charge in [0.2, 0.25) is 5.91 Å². The van der Waals surface area contributed by atoms with E-state index in [4.69, 9.17) is 16.3 Å². The number of halogens is 1. The number of benzene rings is 2. The lowest BCUT2D eigenvalue weighted by molar-refractivity contribution is -0.115. The van der Waals surface area contributed by atoms with E-state index in [1.54, 1.807) is 0 Å². The van der Waals surface area contributed by atoms with Gasteiger partial charge in [-0.1, -0.05) is 41.9 Å². The van der Waals surface area contributed by atoms with Gasteiger partial charge in [-0.3, -0.25) is 4.79 Å². The standard InChI is InChI=1S/C18H21ClN2O2/c1-3-23-17-11-7-6-10-16(17)21-18(22)12-20-13(2)14-8-4-5-9-15(14)19/h4-11,13,20H,3,12H2,1-2H3,(H,21,22)/t13-/m1/s1. The lowest BCUT2D eigenvalue weighted by Gasteiger charge is -2.16. The largest absolute Gasteiger partial charge is 0.492 e. The molecule has 0 saturated carbocycles. The third-order valence-electron chi connectivity index (χ3n) is 3.40. The summed E-state index contributed by atoms with van der Waals surface area (Å²) < 4.78 is 5.50. The van der Waals surface area contributed by atoms with Crippen LogP contribution in [0, 0.1) is 0 Å². The van der Waals surface area contributed by atoms with E-state index in [0.29, 0.717) is 23.1 Å². The molecule has 0 radical (unpaired) electrons. The number of anilines is 1. The summed E-state index contributed by atoms with van der Waals surface area (Å²) >= 11 is 6.16. The van der Waals surface area contributed by atoms with Crippen molar-refractivity contribution in [2.24, 2.45) is 0 Å². The minimum Gasteiger partial charge on any atom is -0.492 e. The molecule has 2 rings (SSSR count). The number of hydrogen-bond donors (Lipinski definition) is 2. The Hall–Kier alpha value is -2.04. The maximum atomic E-state index is 12.1. The molecule has 0 bridgehead atoms. The van der Waals surface area contributed by atoms with Gasteiger partial charge in [-0.05, 0) is 37.6 Å². The van der Waals surface area contributed by atoms with Crippen LogP contribution in [0.2, 0.25) is 5.02 Å². The Morgan fingerprint density at radius 3 is 2.61 bits per heavy atom. The molecule has 2 aromatic carbocycles. The first kappa shape index (κ1) is 17.3. The van der Waals surface area contributed by atoms with Crippen molar-refractivity contribution in [1.82, 2.24) is 5.32 Å². The Balaban J connectivity index is 1.92. The predicted molar refractivity (Wildman–Crippen MR) is 94.1 cm³/mol. The highest BCUT2D eigenvalue weighted by molar-refractivity contribution is 6.31. The summed E-state index contributed by atoms with van der Waals surface area (Å²) in [5.41, 5.74) is 1.64. The van der Waals surface area contributed by atoms with E-state index >= 15 is 0 Å². The van der Waals surface area contributed by atoms with Crippen molar-refractivity contribution in [3.05, 3.63) is 59.1 Å². The van der Waals surface area contributed by atoms with E-state index in [1.165, 1.54) is 0 Å². The summed E-state index contributed by atoms with van der Waals surface area (Å²) in [6, 6.07) is 15.0. The van der Waals surface area contributed by atoms with Crippen LogP contribution in [0.4, 0.5) is 5.69 Å². The van der Waals surface area contributed by atoms with Gasteiger partial charge < -0.3 is 15.4 Å². The van der Waals surface area contributed by atoms with Crippen LogP contribution < -0.4 is 15.4 Å². The van der Waals surface area contributed by atoms with E-state index in [2.05, 4.69) is 10.6 Å². The van der Waals surface area contributed by atoms with Gasteiger partial charge in [0.15, 0.2) is 0 Å². The number of hydrogen-bond acceptors (Lipinski definition) is 3. The average molecular weight is 333 g/mol. The molecule has 0 saturated heterocycles. The number of carbonyl (C=O) groups excluding carboxylic acids is 1. The fourth-order valence-electron chi connectivity index (χ4n) is 2.23. The summed E-state index contributed by atoms with van der Waals surface area (Å²) in [5.74, 6) is 0.540. The van der Waals surface area contributed by atoms with Crippen molar-refractivity contribution in [1.29, 1.82) is 0 Å². The highest BCUT2D eigenvalue weighted by Crippen LogP contribution is 2.24. The van der Waals surface area contributed by atoms with Gasteiger partial charge in [0.05, 0.1) is 18.8 Å². The molecule has 2 aromatic rings. The Morgan fingerprint density at radius 2 is 1.87 bits per heavy atom. The van der Waals surface area contributed by atoms with Gasteiger partial charge in [0.1, 0.15) is 5.75 Å². The van der Waals surface area contributed by atoms with Crippen molar-refractivity contribution in [3.8, 4) is 5.75 Å². The Labute approximate surface area is 141 Å². The minimum atomic E-state index is -0.129. The summed E-state index contributed by atoms with van der Waals surface area (Å²) in [7, 11) is 0. The fraction of sp³-hybridized carbons (Fsp3) is 0.278. The first-order chi connectivity index (χ1) is 11.1. The van der Waals surface area contributed by atoms with E-state index in [-0.39, 0.29) is 18.5 Å². The molecule has 0 aromatic heterocycles. The van der Waals surface area contributed by atoms with Crippen molar-refractivity contribution in [3.63, 3.8) is 0 Å². The second-order valence-corrected chi connectivity index (χ2v) is 5.51. The van der Waals surface area contributed by atoms with Crippen molar-refractivity contribution in [2.75, 3.05) is 18.5 Å².